The van der Waals surface area contributed by atoms with Gasteiger partial charge in [-0.15, -0.1) is 0 Å². The molecule has 4 rings (SSSR count). The molecule has 5 heteroatoms. The van der Waals surface area contributed by atoms with Crippen molar-refractivity contribution in [1.29, 1.82) is 5.26 Å². The summed E-state index contributed by atoms with van der Waals surface area (Å²) in [5.41, 5.74) is 4.69. The number of rotatable bonds is 2. The minimum absolute atomic E-state index is 0.0580. The molecule has 0 radical (unpaired) electrons. The second-order valence-corrected chi connectivity index (χ2v) is 6.34. The Bertz CT molecular complexity index is 1030. The maximum atomic E-state index is 13.3. The van der Waals surface area contributed by atoms with Crippen molar-refractivity contribution in [3.8, 4) is 6.07 Å². The number of amides is 1. The summed E-state index contributed by atoms with van der Waals surface area (Å²) >= 11 is 0. The molecule has 26 heavy (non-hydrogen) atoms. The van der Waals surface area contributed by atoms with Crippen LogP contribution in [0.2, 0.25) is 0 Å². The maximum Gasteiger partial charge on any atom is 0.262 e. The van der Waals surface area contributed by atoms with Gasteiger partial charge >= 0.3 is 0 Å². The molecular formula is C21H18N4O. The number of anilines is 2. The Morgan fingerprint density at radius 2 is 1.77 bits per heavy atom. The molecule has 0 unspecified atom stereocenters. The van der Waals surface area contributed by atoms with Crippen LogP contribution in [0.1, 0.15) is 33.5 Å². The number of fused-ring (bicyclic) bond motifs is 1. The van der Waals surface area contributed by atoms with Crippen LogP contribution < -0.4 is 10.2 Å². The highest BCUT2D eigenvalue weighted by Crippen LogP contribution is 2.38. The van der Waals surface area contributed by atoms with E-state index in [9.17, 15) is 10.1 Å². The molecule has 1 amide bonds. The van der Waals surface area contributed by atoms with Gasteiger partial charge in [-0.2, -0.15) is 5.26 Å². The molecule has 1 aromatic heterocycles. The molecule has 5 nitrogen and oxygen atoms in total. The Balaban J connectivity index is 1.91. The zero-order chi connectivity index (χ0) is 18.3. The van der Waals surface area contributed by atoms with Crippen LogP contribution in [-0.2, 0) is 7.05 Å². The molecule has 0 spiro atoms. The van der Waals surface area contributed by atoms with Crippen LogP contribution in [0.3, 0.4) is 0 Å². The number of hydrogen-bond acceptors (Lipinski definition) is 3. The smallest absolute Gasteiger partial charge is 0.262 e. The lowest BCUT2D eigenvalue weighted by Crippen LogP contribution is -2.43. The van der Waals surface area contributed by atoms with Crippen LogP contribution in [0, 0.1) is 18.3 Å². The highest BCUT2D eigenvalue weighted by molar-refractivity contribution is 6.12. The molecule has 1 atom stereocenters. The van der Waals surface area contributed by atoms with Crippen molar-refractivity contribution in [1.82, 2.24) is 4.57 Å². The summed E-state index contributed by atoms with van der Waals surface area (Å²) in [7, 11) is 1.86. The molecular weight excluding hydrogens is 324 g/mol. The Hall–Kier alpha value is -3.52. The van der Waals surface area contributed by atoms with Crippen LogP contribution in [0.4, 0.5) is 11.4 Å². The van der Waals surface area contributed by atoms with Gasteiger partial charge in [0, 0.05) is 29.7 Å². The first-order valence-corrected chi connectivity index (χ1v) is 8.42. The van der Waals surface area contributed by atoms with E-state index in [0.29, 0.717) is 11.3 Å². The first-order valence-electron chi connectivity index (χ1n) is 8.42. The van der Waals surface area contributed by atoms with E-state index in [4.69, 9.17) is 0 Å². The molecule has 0 aliphatic carbocycles. The highest BCUT2D eigenvalue weighted by atomic mass is 16.2. The van der Waals surface area contributed by atoms with Crippen molar-refractivity contribution in [3.05, 3.63) is 83.2 Å². The highest BCUT2D eigenvalue weighted by Gasteiger charge is 2.35. The van der Waals surface area contributed by atoms with Crippen LogP contribution in [0.25, 0.3) is 0 Å². The normalized spacial score (nSPS) is 16.0. The summed E-state index contributed by atoms with van der Waals surface area (Å²) < 4.78 is 1.85. The first-order chi connectivity index (χ1) is 12.6. The summed E-state index contributed by atoms with van der Waals surface area (Å²) in [6.07, 6.45) is -0.381. The van der Waals surface area contributed by atoms with Crippen molar-refractivity contribution >= 4 is 17.3 Å². The van der Waals surface area contributed by atoms with E-state index in [0.717, 1.165) is 22.6 Å². The number of carbonyl (C=O) groups excluding carboxylic acids is 1. The maximum absolute atomic E-state index is 13.3. The number of hydrogen-bond donors (Lipinski definition) is 1. The number of aromatic nitrogens is 1. The third kappa shape index (κ3) is 2.35. The molecule has 0 bridgehead atoms. The zero-order valence-electron chi connectivity index (χ0n) is 14.6. The quantitative estimate of drug-likeness (QED) is 0.766. The van der Waals surface area contributed by atoms with Gasteiger partial charge in [-0.3, -0.25) is 9.69 Å². The Kier molecular flexibility index (Phi) is 3.74. The fraction of sp³-hybridized carbons (Fsp3) is 0.143. The molecule has 1 N–H and O–H groups in total. The van der Waals surface area contributed by atoms with Gasteiger partial charge in [0.15, 0.2) is 0 Å². The topological polar surface area (TPSA) is 61.1 Å². The lowest BCUT2D eigenvalue weighted by atomic mass is 10.0. The molecule has 2 aromatic carbocycles. The number of carbonyl (C=O) groups is 1. The largest absolute Gasteiger partial charge is 0.360 e. The van der Waals surface area contributed by atoms with E-state index in [1.165, 1.54) is 0 Å². The van der Waals surface area contributed by atoms with Crippen molar-refractivity contribution in [2.45, 2.75) is 13.1 Å². The standard InChI is InChI=1S/C21H18N4O/c1-14-18(12-16(13-22)24(14)2)20-23-19-11-7-6-10-17(19)21(26)25(20)15-8-4-3-5-9-15/h3-12,20,23H,1-2H3/t20-/m0/s1. The van der Waals surface area contributed by atoms with Gasteiger partial charge in [0.25, 0.3) is 5.91 Å². The number of nitriles is 1. The zero-order valence-corrected chi connectivity index (χ0v) is 14.6. The summed E-state index contributed by atoms with van der Waals surface area (Å²) in [4.78, 5) is 15.0. The Morgan fingerprint density at radius 3 is 2.46 bits per heavy atom. The molecule has 1 aliphatic heterocycles. The van der Waals surface area contributed by atoms with E-state index >= 15 is 0 Å². The molecule has 128 valence electrons. The second kappa shape index (κ2) is 6.08. The third-order valence-corrected chi connectivity index (χ3v) is 4.94. The van der Waals surface area contributed by atoms with E-state index in [2.05, 4.69) is 11.4 Å². The Morgan fingerprint density at radius 1 is 1.08 bits per heavy atom. The monoisotopic (exact) mass is 342 g/mol. The van der Waals surface area contributed by atoms with Crippen LogP contribution in [0.5, 0.6) is 0 Å². The molecule has 3 aromatic rings. The fourth-order valence-corrected chi connectivity index (χ4v) is 3.43. The number of nitrogens with one attached hydrogen (secondary N) is 1. The summed E-state index contributed by atoms with van der Waals surface area (Å²) in [5.74, 6) is -0.0580. The van der Waals surface area contributed by atoms with Gasteiger partial charge in [0.2, 0.25) is 0 Å². The van der Waals surface area contributed by atoms with Gasteiger partial charge in [0.1, 0.15) is 17.9 Å². The van der Waals surface area contributed by atoms with Gasteiger partial charge in [-0.1, -0.05) is 30.3 Å². The number of para-hydroxylation sites is 2. The fourth-order valence-electron chi connectivity index (χ4n) is 3.43. The minimum atomic E-state index is -0.381. The van der Waals surface area contributed by atoms with Crippen molar-refractivity contribution in [2.75, 3.05) is 10.2 Å². The molecule has 0 saturated heterocycles. The lowest BCUT2D eigenvalue weighted by molar-refractivity contribution is 0.0975. The molecule has 1 aliphatic rings. The second-order valence-electron chi connectivity index (χ2n) is 6.34. The summed E-state index contributed by atoms with van der Waals surface area (Å²) in [6, 6.07) is 21.2. The van der Waals surface area contributed by atoms with E-state index in [-0.39, 0.29) is 12.1 Å². The predicted molar refractivity (Wildman–Crippen MR) is 101 cm³/mol. The van der Waals surface area contributed by atoms with E-state index in [1.807, 2.05) is 79.2 Å². The average molecular weight is 342 g/mol. The third-order valence-electron chi connectivity index (χ3n) is 4.94. The average Bonchev–Trinajstić information content (AvgIpc) is 2.97. The molecule has 0 fully saturated rings. The van der Waals surface area contributed by atoms with Gasteiger partial charge in [-0.05, 0) is 37.3 Å². The first kappa shape index (κ1) is 16.0. The lowest BCUT2D eigenvalue weighted by Gasteiger charge is -2.38. The van der Waals surface area contributed by atoms with Gasteiger partial charge in [-0.25, -0.2) is 0 Å². The van der Waals surface area contributed by atoms with Gasteiger partial charge < -0.3 is 9.88 Å². The van der Waals surface area contributed by atoms with Crippen molar-refractivity contribution in [2.24, 2.45) is 7.05 Å². The predicted octanol–water partition coefficient (Wildman–Crippen LogP) is 3.98. The number of benzene rings is 2. The van der Waals surface area contributed by atoms with Crippen LogP contribution >= 0.6 is 0 Å². The van der Waals surface area contributed by atoms with Crippen LogP contribution in [-0.4, -0.2) is 10.5 Å². The molecule has 2 heterocycles. The van der Waals surface area contributed by atoms with Crippen molar-refractivity contribution in [3.63, 3.8) is 0 Å². The minimum Gasteiger partial charge on any atom is -0.360 e. The summed E-state index contributed by atoms with van der Waals surface area (Å²) in [6.45, 7) is 1.96. The Labute approximate surface area is 152 Å². The van der Waals surface area contributed by atoms with Gasteiger partial charge in [0.05, 0.1) is 5.56 Å². The van der Waals surface area contributed by atoms with E-state index in [1.54, 1.807) is 4.90 Å². The van der Waals surface area contributed by atoms with E-state index < -0.39 is 0 Å². The molecule has 0 saturated carbocycles. The summed E-state index contributed by atoms with van der Waals surface area (Å²) in [5, 5.41) is 12.9. The SMILES string of the molecule is Cc1c([C@H]2Nc3ccccc3C(=O)N2c2ccccc2)cc(C#N)n1C. The number of nitrogens with zero attached hydrogens (tertiary/aromatic N) is 3. The van der Waals surface area contributed by atoms with Crippen LogP contribution in [0.15, 0.2) is 60.7 Å². The van der Waals surface area contributed by atoms with Crippen molar-refractivity contribution < 1.29 is 4.79 Å².